The standard InChI is InChI=1S/C9H17N/c1-2-3-5-9-6-4-7-10-8-9/h3,5,9-10H,2,4,6-8H2,1H3/b5-3-. The summed E-state index contributed by atoms with van der Waals surface area (Å²) < 4.78 is 0. The van der Waals surface area contributed by atoms with Crippen LogP contribution in [0.25, 0.3) is 0 Å². The van der Waals surface area contributed by atoms with Crippen molar-refractivity contribution in [3.63, 3.8) is 0 Å². The zero-order chi connectivity index (χ0) is 7.23. The SMILES string of the molecule is CC/C=C\C1CCCNC1. The Morgan fingerprint density at radius 3 is 3.10 bits per heavy atom. The molecule has 1 aliphatic rings. The van der Waals surface area contributed by atoms with Gasteiger partial charge in [0.1, 0.15) is 0 Å². The summed E-state index contributed by atoms with van der Waals surface area (Å²) in [4.78, 5) is 0. The number of nitrogens with one attached hydrogen (secondary N) is 1. The minimum absolute atomic E-state index is 0.814. The highest BCUT2D eigenvalue weighted by Gasteiger charge is 2.07. The predicted octanol–water partition coefficient (Wildman–Crippen LogP) is 1.95. The van der Waals surface area contributed by atoms with Crippen molar-refractivity contribution in [3.8, 4) is 0 Å². The average molecular weight is 139 g/mol. The first-order valence-electron chi connectivity index (χ1n) is 4.31. The topological polar surface area (TPSA) is 12.0 Å². The fourth-order valence-corrected chi connectivity index (χ4v) is 1.37. The van der Waals surface area contributed by atoms with E-state index in [4.69, 9.17) is 0 Å². The Hall–Kier alpha value is -0.300. The molecule has 1 aliphatic heterocycles. The molecule has 0 spiro atoms. The molecule has 0 bridgehead atoms. The number of hydrogen-bond donors (Lipinski definition) is 1. The Balaban J connectivity index is 2.19. The summed E-state index contributed by atoms with van der Waals surface area (Å²) in [6.45, 7) is 4.60. The van der Waals surface area contributed by atoms with E-state index in [1.807, 2.05) is 0 Å². The molecule has 0 saturated carbocycles. The van der Waals surface area contributed by atoms with Gasteiger partial charge in [-0.1, -0.05) is 19.1 Å². The maximum absolute atomic E-state index is 3.39. The lowest BCUT2D eigenvalue weighted by molar-refractivity contribution is 0.438. The Morgan fingerprint density at radius 1 is 1.60 bits per heavy atom. The van der Waals surface area contributed by atoms with Crippen LogP contribution in [0.2, 0.25) is 0 Å². The van der Waals surface area contributed by atoms with E-state index < -0.39 is 0 Å². The van der Waals surface area contributed by atoms with Crippen LogP contribution in [-0.4, -0.2) is 13.1 Å². The summed E-state index contributed by atoms with van der Waals surface area (Å²) in [6, 6.07) is 0. The van der Waals surface area contributed by atoms with Crippen LogP contribution in [0, 0.1) is 5.92 Å². The number of piperidine rings is 1. The minimum atomic E-state index is 0.814. The summed E-state index contributed by atoms with van der Waals surface area (Å²) in [5.74, 6) is 0.814. The van der Waals surface area contributed by atoms with E-state index >= 15 is 0 Å². The van der Waals surface area contributed by atoms with Gasteiger partial charge in [0.25, 0.3) is 0 Å². The molecule has 0 amide bonds. The summed E-state index contributed by atoms with van der Waals surface area (Å²) in [5, 5.41) is 3.39. The van der Waals surface area contributed by atoms with Gasteiger partial charge in [-0.2, -0.15) is 0 Å². The predicted molar refractivity (Wildman–Crippen MR) is 45.0 cm³/mol. The monoisotopic (exact) mass is 139 g/mol. The van der Waals surface area contributed by atoms with E-state index in [2.05, 4.69) is 24.4 Å². The van der Waals surface area contributed by atoms with Gasteiger partial charge >= 0.3 is 0 Å². The molecule has 0 aliphatic carbocycles. The molecule has 1 heterocycles. The van der Waals surface area contributed by atoms with E-state index in [1.54, 1.807) is 0 Å². The van der Waals surface area contributed by atoms with E-state index in [0.717, 1.165) is 5.92 Å². The highest BCUT2D eigenvalue weighted by Crippen LogP contribution is 2.10. The molecule has 0 radical (unpaired) electrons. The van der Waals surface area contributed by atoms with Gasteiger partial charge in [-0.15, -0.1) is 0 Å². The third-order valence-electron chi connectivity index (χ3n) is 1.98. The van der Waals surface area contributed by atoms with Crippen LogP contribution >= 0.6 is 0 Å². The van der Waals surface area contributed by atoms with Crippen molar-refractivity contribution in [1.29, 1.82) is 0 Å². The molecule has 0 aromatic heterocycles. The van der Waals surface area contributed by atoms with Crippen LogP contribution < -0.4 is 5.32 Å². The molecule has 1 fully saturated rings. The summed E-state index contributed by atoms with van der Waals surface area (Å²) >= 11 is 0. The van der Waals surface area contributed by atoms with Crippen molar-refractivity contribution < 1.29 is 0 Å². The Morgan fingerprint density at radius 2 is 2.50 bits per heavy atom. The van der Waals surface area contributed by atoms with Crippen molar-refractivity contribution in [2.45, 2.75) is 26.2 Å². The van der Waals surface area contributed by atoms with Crippen molar-refractivity contribution in [2.24, 2.45) is 5.92 Å². The molecule has 58 valence electrons. The number of allylic oxidation sites excluding steroid dienone is 1. The van der Waals surface area contributed by atoms with Gasteiger partial charge in [0, 0.05) is 6.54 Å². The lowest BCUT2D eigenvalue weighted by Crippen LogP contribution is -2.28. The third-order valence-corrected chi connectivity index (χ3v) is 1.98. The maximum atomic E-state index is 3.39. The van der Waals surface area contributed by atoms with Crippen LogP contribution in [0.15, 0.2) is 12.2 Å². The molecule has 1 rings (SSSR count). The first kappa shape index (κ1) is 7.80. The Kier molecular flexibility index (Phi) is 3.52. The minimum Gasteiger partial charge on any atom is -0.316 e. The molecule has 1 nitrogen and oxygen atoms in total. The molecule has 0 aromatic rings. The Labute approximate surface area is 63.5 Å². The first-order valence-corrected chi connectivity index (χ1v) is 4.31. The highest BCUT2D eigenvalue weighted by atomic mass is 14.9. The molecule has 1 heteroatoms. The van der Waals surface area contributed by atoms with Crippen LogP contribution in [0.5, 0.6) is 0 Å². The van der Waals surface area contributed by atoms with Crippen molar-refractivity contribution in [2.75, 3.05) is 13.1 Å². The summed E-state index contributed by atoms with van der Waals surface area (Å²) in [5.41, 5.74) is 0. The largest absolute Gasteiger partial charge is 0.316 e. The molecule has 1 saturated heterocycles. The molecule has 10 heavy (non-hydrogen) atoms. The second-order valence-corrected chi connectivity index (χ2v) is 2.94. The average Bonchev–Trinajstić information content (AvgIpc) is 2.03. The van der Waals surface area contributed by atoms with E-state index in [0.29, 0.717) is 0 Å². The number of hydrogen-bond acceptors (Lipinski definition) is 1. The molecule has 1 unspecified atom stereocenters. The summed E-state index contributed by atoms with van der Waals surface area (Å²) in [6.07, 6.45) is 8.53. The maximum Gasteiger partial charge on any atom is 0.00142 e. The van der Waals surface area contributed by atoms with Gasteiger partial charge in [0.2, 0.25) is 0 Å². The molecule has 1 N–H and O–H groups in total. The second-order valence-electron chi connectivity index (χ2n) is 2.94. The van der Waals surface area contributed by atoms with Gasteiger partial charge in [-0.3, -0.25) is 0 Å². The zero-order valence-electron chi connectivity index (χ0n) is 6.77. The van der Waals surface area contributed by atoms with Gasteiger partial charge < -0.3 is 5.32 Å². The van der Waals surface area contributed by atoms with E-state index in [1.165, 1.54) is 32.4 Å². The second kappa shape index (κ2) is 4.51. The normalized spacial score (nSPS) is 27.5. The van der Waals surface area contributed by atoms with E-state index in [9.17, 15) is 0 Å². The molecular weight excluding hydrogens is 122 g/mol. The summed E-state index contributed by atoms with van der Waals surface area (Å²) in [7, 11) is 0. The fraction of sp³-hybridized carbons (Fsp3) is 0.778. The Bertz CT molecular complexity index is 101. The van der Waals surface area contributed by atoms with Crippen LogP contribution in [0.4, 0.5) is 0 Å². The van der Waals surface area contributed by atoms with E-state index in [-0.39, 0.29) is 0 Å². The first-order chi connectivity index (χ1) is 4.93. The molecule has 1 atom stereocenters. The van der Waals surface area contributed by atoms with Crippen LogP contribution in [0.3, 0.4) is 0 Å². The van der Waals surface area contributed by atoms with Gasteiger partial charge in [-0.25, -0.2) is 0 Å². The van der Waals surface area contributed by atoms with Gasteiger partial charge in [0.05, 0.1) is 0 Å². The van der Waals surface area contributed by atoms with Gasteiger partial charge in [0.15, 0.2) is 0 Å². The van der Waals surface area contributed by atoms with Gasteiger partial charge in [-0.05, 0) is 31.7 Å². The molecule has 0 aromatic carbocycles. The van der Waals surface area contributed by atoms with Crippen molar-refractivity contribution >= 4 is 0 Å². The smallest absolute Gasteiger partial charge is 0.00142 e. The van der Waals surface area contributed by atoms with Crippen molar-refractivity contribution in [1.82, 2.24) is 5.32 Å². The third kappa shape index (κ3) is 2.53. The zero-order valence-corrected chi connectivity index (χ0v) is 6.77. The lowest BCUT2D eigenvalue weighted by atomic mass is 9.99. The van der Waals surface area contributed by atoms with Crippen molar-refractivity contribution in [3.05, 3.63) is 12.2 Å². The van der Waals surface area contributed by atoms with Crippen LogP contribution in [0.1, 0.15) is 26.2 Å². The number of rotatable bonds is 2. The highest BCUT2D eigenvalue weighted by molar-refractivity contribution is 4.90. The fourth-order valence-electron chi connectivity index (χ4n) is 1.37. The quantitative estimate of drug-likeness (QED) is 0.577. The van der Waals surface area contributed by atoms with Crippen LogP contribution in [-0.2, 0) is 0 Å². The lowest BCUT2D eigenvalue weighted by Gasteiger charge is -2.19. The molecular formula is C9H17N.